The molecule has 33 heavy (non-hydrogen) atoms. The van der Waals surface area contributed by atoms with Crippen LogP contribution in [0.5, 0.6) is 0 Å². The van der Waals surface area contributed by atoms with E-state index in [0.717, 1.165) is 10.1 Å². The summed E-state index contributed by atoms with van der Waals surface area (Å²) < 4.78 is 4.07. The molecule has 11 heteroatoms. The lowest BCUT2D eigenvalue weighted by atomic mass is 10.1. The van der Waals surface area contributed by atoms with Gasteiger partial charge < -0.3 is 4.57 Å². The third-order valence-corrected chi connectivity index (χ3v) is 5.30. The largest absolute Gasteiger partial charge is 0.332 e. The standard InChI is InChI=1S/C22H21N7O4/c1-26-19-18(20(30)27(2)22(26)31)28(13-12-15-6-4-3-5-7-15)21(24-19)25-23-14-16-8-10-17(11-9-16)29(32)33/h3-11,14H,12-13H2,1-2H3,(H,24,25)/b23-14-. The molecule has 0 amide bonds. The average Bonchev–Trinajstić information content (AvgIpc) is 3.19. The van der Waals surface area contributed by atoms with Crippen LogP contribution in [0.15, 0.2) is 69.3 Å². The first-order valence-corrected chi connectivity index (χ1v) is 10.1. The molecule has 0 saturated heterocycles. The molecule has 2 aromatic carbocycles. The highest BCUT2D eigenvalue weighted by molar-refractivity contribution is 5.81. The number of imidazole rings is 1. The normalized spacial score (nSPS) is 11.3. The molecule has 0 atom stereocenters. The maximum absolute atomic E-state index is 12.9. The number of fused-ring (bicyclic) bond motifs is 1. The molecule has 0 bridgehead atoms. The lowest BCUT2D eigenvalue weighted by Gasteiger charge is -2.09. The van der Waals surface area contributed by atoms with Crippen LogP contribution < -0.4 is 16.7 Å². The number of nitrogens with one attached hydrogen (secondary N) is 1. The van der Waals surface area contributed by atoms with E-state index in [1.165, 1.54) is 30.0 Å². The second kappa shape index (κ2) is 8.91. The zero-order valence-corrected chi connectivity index (χ0v) is 18.0. The summed E-state index contributed by atoms with van der Waals surface area (Å²) in [6.07, 6.45) is 2.13. The summed E-state index contributed by atoms with van der Waals surface area (Å²) in [6.45, 7) is 0.434. The van der Waals surface area contributed by atoms with Crippen molar-refractivity contribution >= 4 is 29.0 Å². The van der Waals surface area contributed by atoms with Gasteiger partial charge >= 0.3 is 5.69 Å². The van der Waals surface area contributed by atoms with Crippen molar-refractivity contribution in [3.05, 3.63) is 96.7 Å². The van der Waals surface area contributed by atoms with E-state index in [4.69, 9.17) is 0 Å². The van der Waals surface area contributed by atoms with E-state index in [2.05, 4.69) is 15.5 Å². The maximum Gasteiger partial charge on any atom is 0.332 e. The summed E-state index contributed by atoms with van der Waals surface area (Å²) >= 11 is 0. The summed E-state index contributed by atoms with van der Waals surface area (Å²) in [5.74, 6) is 0.303. The van der Waals surface area contributed by atoms with Crippen LogP contribution in [0.4, 0.5) is 11.6 Å². The Labute approximate surface area is 187 Å². The fourth-order valence-corrected chi connectivity index (χ4v) is 3.48. The quantitative estimate of drug-likeness (QED) is 0.262. The number of anilines is 1. The van der Waals surface area contributed by atoms with E-state index in [9.17, 15) is 19.7 Å². The van der Waals surface area contributed by atoms with Crippen molar-refractivity contribution in [2.75, 3.05) is 5.43 Å². The van der Waals surface area contributed by atoms with Gasteiger partial charge in [0, 0.05) is 32.8 Å². The van der Waals surface area contributed by atoms with Gasteiger partial charge in [-0.3, -0.25) is 24.0 Å². The van der Waals surface area contributed by atoms with Gasteiger partial charge in [0.05, 0.1) is 11.1 Å². The summed E-state index contributed by atoms with van der Waals surface area (Å²) in [7, 11) is 2.99. The third kappa shape index (κ3) is 4.28. The lowest BCUT2D eigenvalue weighted by Crippen LogP contribution is -2.37. The van der Waals surface area contributed by atoms with Crippen molar-refractivity contribution in [2.24, 2.45) is 19.2 Å². The summed E-state index contributed by atoms with van der Waals surface area (Å²) in [5, 5.41) is 15.0. The Morgan fingerprint density at radius 1 is 1.06 bits per heavy atom. The van der Waals surface area contributed by atoms with Crippen LogP contribution in [0, 0.1) is 10.1 Å². The van der Waals surface area contributed by atoms with Gasteiger partial charge in [0.2, 0.25) is 5.95 Å². The Balaban J connectivity index is 1.70. The predicted octanol–water partition coefficient (Wildman–Crippen LogP) is 2.03. The Morgan fingerprint density at radius 3 is 2.42 bits per heavy atom. The van der Waals surface area contributed by atoms with Crippen LogP contribution in [0.25, 0.3) is 11.2 Å². The van der Waals surface area contributed by atoms with Crippen LogP contribution >= 0.6 is 0 Å². The first-order valence-electron chi connectivity index (χ1n) is 10.1. The third-order valence-electron chi connectivity index (χ3n) is 5.30. The monoisotopic (exact) mass is 447 g/mol. The van der Waals surface area contributed by atoms with Crippen molar-refractivity contribution < 1.29 is 4.92 Å². The lowest BCUT2D eigenvalue weighted by molar-refractivity contribution is -0.384. The Morgan fingerprint density at radius 2 is 1.76 bits per heavy atom. The van der Waals surface area contributed by atoms with Crippen molar-refractivity contribution in [3.63, 3.8) is 0 Å². The highest BCUT2D eigenvalue weighted by atomic mass is 16.6. The number of nitro groups is 1. The van der Waals surface area contributed by atoms with E-state index in [1.54, 1.807) is 23.7 Å². The molecule has 2 aromatic heterocycles. The number of hydrogen-bond donors (Lipinski definition) is 1. The Hall–Kier alpha value is -4.54. The zero-order chi connectivity index (χ0) is 23.5. The molecule has 0 fully saturated rings. The molecular formula is C22H21N7O4. The molecule has 0 unspecified atom stereocenters. The molecular weight excluding hydrogens is 426 g/mol. The van der Waals surface area contributed by atoms with E-state index in [0.29, 0.717) is 30.0 Å². The van der Waals surface area contributed by atoms with Gasteiger partial charge in [-0.15, -0.1) is 0 Å². The van der Waals surface area contributed by atoms with Crippen LogP contribution in [0.1, 0.15) is 11.1 Å². The van der Waals surface area contributed by atoms with Gasteiger partial charge in [0.25, 0.3) is 11.2 Å². The van der Waals surface area contributed by atoms with Crippen LogP contribution in [0.2, 0.25) is 0 Å². The Bertz CT molecular complexity index is 1470. The van der Waals surface area contributed by atoms with E-state index < -0.39 is 16.2 Å². The zero-order valence-electron chi connectivity index (χ0n) is 18.0. The second-order valence-electron chi connectivity index (χ2n) is 7.42. The highest BCUT2D eigenvalue weighted by Crippen LogP contribution is 2.17. The minimum absolute atomic E-state index is 0.0143. The van der Waals surface area contributed by atoms with E-state index in [-0.39, 0.29) is 11.3 Å². The number of benzene rings is 2. The number of non-ortho nitro benzene ring substituents is 1. The first kappa shape index (κ1) is 21.7. The SMILES string of the molecule is Cn1c(=O)c2c(nc(N/N=C\c3ccc([N+](=O)[O-])cc3)n2CCc2ccccc2)n(C)c1=O. The molecule has 0 saturated carbocycles. The van der Waals surface area contributed by atoms with E-state index >= 15 is 0 Å². The van der Waals surface area contributed by atoms with Gasteiger partial charge in [0.1, 0.15) is 0 Å². The van der Waals surface area contributed by atoms with Gasteiger partial charge in [0.15, 0.2) is 11.2 Å². The molecule has 168 valence electrons. The topological polar surface area (TPSA) is 129 Å². The molecule has 4 aromatic rings. The smallest absolute Gasteiger partial charge is 0.303 e. The van der Waals surface area contributed by atoms with Gasteiger partial charge in [-0.2, -0.15) is 10.1 Å². The van der Waals surface area contributed by atoms with Crippen molar-refractivity contribution in [1.82, 2.24) is 18.7 Å². The molecule has 0 aliphatic heterocycles. The van der Waals surface area contributed by atoms with Crippen LogP contribution in [0.3, 0.4) is 0 Å². The van der Waals surface area contributed by atoms with Crippen LogP contribution in [-0.4, -0.2) is 29.8 Å². The van der Waals surface area contributed by atoms with Crippen molar-refractivity contribution in [1.29, 1.82) is 0 Å². The fraction of sp³-hybridized carbons (Fsp3) is 0.182. The summed E-state index contributed by atoms with van der Waals surface area (Å²) in [6, 6.07) is 15.7. The average molecular weight is 447 g/mol. The molecule has 0 spiro atoms. The predicted molar refractivity (Wildman–Crippen MR) is 125 cm³/mol. The molecule has 1 N–H and O–H groups in total. The number of aryl methyl sites for hydroxylation is 3. The molecule has 0 radical (unpaired) electrons. The molecule has 2 heterocycles. The summed E-state index contributed by atoms with van der Waals surface area (Å²) in [4.78, 5) is 40.0. The minimum atomic E-state index is -0.473. The number of nitrogens with zero attached hydrogens (tertiary/aromatic N) is 6. The number of hydrazone groups is 1. The van der Waals surface area contributed by atoms with Gasteiger partial charge in [-0.25, -0.2) is 10.2 Å². The first-order chi connectivity index (χ1) is 15.9. The van der Waals surface area contributed by atoms with Crippen molar-refractivity contribution in [2.45, 2.75) is 13.0 Å². The molecule has 0 aliphatic rings. The Kier molecular flexibility index (Phi) is 5.85. The number of hydrogen-bond acceptors (Lipinski definition) is 7. The van der Waals surface area contributed by atoms with Gasteiger partial charge in [-0.1, -0.05) is 30.3 Å². The fourth-order valence-electron chi connectivity index (χ4n) is 3.48. The van der Waals surface area contributed by atoms with Gasteiger partial charge in [-0.05, 0) is 29.7 Å². The highest BCUT2D eigenvalue weighted by Gasteiger charge is 2.19. The number of aromatic nitrogens is 4. The van der Waals surface area contributed by atoms with E-state index in [1.807, 2.05) is 30.3 Å². The number of rotatable bonds is 7. The molecule has 11 nitrogen and oxygen atoms in total. The number of nitro benzene ring substituents is 1. The second-order valence-corrected chi connectivity index (χ2v) is 7.42. The molecule has 0 aliphatic carbocycles. The molecule has 4 rings (SSSR count). The van der Waals surface area contributed by atoms with Crippen LogP contribution in [-0.2, 0) is 27.1 Å². The maximum atomic E-state index is 12.9. The summed E-state index contributed by atoms with van der Waals surface area (Å²) in [5.41, 5.74) is 4.19. The minimum Gasteiger partial charge on any atom is -0.303 e. The van der Waals surface area contributed by atoms with Crippen molar-refractivity contribution in [3.8, 4) is 0 Å².